The number of aliphatic carboxylic acids is 1. The van der Waals surface area contributed by atoms with Gasteiger partial charge in [0, 0.05) is 28.7 Å². The molecule has 2 aromatic rings. The van der Waals surface area contributed by atoms with E-state index in [1.165, 1.54) is 30.6 Å². The molecule has 0 aliphatic rings. The lowest BCUT2D eigenvalue weighted by Gasteiger charge is -2.17. The highest BCUT2D eigenvalue weighted by Crippen LogP contribution is 2.28. The first-order valence-electron chi connectivity index (χ1n) is 8.30. The molecule has 0 unspecified atom stereocenters. The van der Waals surface area contributed by atoms with E-state index in [4.69, 9.17) is 28.7 Å². The Bertz CT molecular complexity index is 992. The lowest BCUT2D eigenvalue weighted by atomic mass is 10.1. The molecule has 10 nitrogen and oxygen atoms in total. The Morgan fingerprint density at radius 3 is 2.53 bits per heavy atom. The molecule has 0 saturated carbocycles. The summed E-state index contributed by atoms with van der Waals surface area (Å²) >= 11 is 5.95. The number of sulfonamides is 1. The number of nitrogens with two attached hydrogens (primary N) is 2. The summed E-state index contributed by atoms with van der Waals surface area (Å²) in [4.78, 5) is 15.2. The van der Waals surface area contributed by atoms with Gasteiger partial charge in [0.2, 0.25) is 16.0 Å². The van der Waals surface area contributed by atoms with Crippen molar-refractivity contribution in [2.24, 2.45) is 11.5 Å². The molecule has 14 heteroatoms. The smallest absolute Gasteiger partial charge is 0.321 e. The molecule has 0 bridgehead atoms. The largest absolute Gasteiger partial charge is 0.480 e. The van der Waals surface area contributed by atoms with E-state index in [0.29, 0.717) is 35.8 Å². The molecular weight excluding hydrogens is 479 g/mol. The summed E-state index contributed by atoms with van der Waals surface area (Å²) in [6.07, 6.45) is 4.03. The number of anilines is 1. The Morgan fingerprint density at radius 1 is 1.30 bits per heavy atom. The summed E-state index contributed by atoms with van der Waals surface area (Å²) in [5.74, 6) is -1.68. The predicted molar refractivity (Wildman–Crippen MR) is 121 cm³/mol. The molecule has 0 aliphatic heterocycles. The number of aromatic nitrogens is 1. The highest BCUT2D eigenvalue weighted by atomic mass is 35.5. The van der Waals surface area contributed by atoms with Gasteiger partial charge >= 0.3 is 5.97 Å². The molecule has 168 valence electrons. The first-order chi connectivity index (χ1) is 13.2. The van der Waals surface area contributed by atoms with Gasteiger partial charge in [-0.1, -0.05) is 12.5 Å². The fourth-order valence-electron chi connectivity index (χ4n) is 2.57. The molecule has 7 N–H and O–H groups in total. The third kappa shape index (κ3) is 6.83. The van der Waals surface area contributed by atoms with Crippen LogP contribution < -0.4 is 20.6 Å². The van der Waals surface area contributed by atoms with Crippen LogP contribution in [0.2, 0.25) is 0 Å². The minimum absolute atomic E-state index is 0. The number of carbonyl (C=O) groups is 1. The molecule has 0 saturated heterocycles. The monoisotopic (exact) mass is 500 g/mol. The molecule has 1 atom stereocenters. The van der Waals surface area contributed by atoms with Gasteiger partial charge in [0.1, 0.15) is 6.04 Å². The Morgan fingerprint density at radius 2 is 1.97 bits per heavy atom. The minimum Gasteiger partial charge on any atom is -0.480 e. The molecule has 0 fully saturated rings. The van der Waals surface area contributed by atoms with Crippen molar-refractivity contribution in [3.63, 3.8) is 0 Å². The van der Waals surface area contributed by atoms with Gasteiger partial charge < -0.3 is 16.6 Å². The fourth-order valence-corrected chi connectivity index (χ4v) is 3.97. The van der Waals surface area contributed by atoms with Crippen molar-refractivity contribution in [2.75, 3.05) is 11.0 Å². The van der Waals surface area contributed by atoms with Gasteiger partial charge in [-0.15, -0.1) is 24.8 Å². The lowest BCUT2D eigenvalue weighted by Crippen LogP contribution is -2.40. The number of hydrogen-bond donors (Lipinski definition) is 5. The molecule has 1 heterocycles. The molecule has 0 spiro atoms. The van der Waals surface area contributed by atoms with Crippen LogP contribution in [0.4, 0.5) is 5.69 Å². The zero-order chi connectivity index (χ0) is 20.9. The Hall–Kier alpha value is -1.89. The van der Waals surface area contributed by atoms with E-state index in [1.54, 1.807) is 0 Å². The van der Waals surface area contributed by atoms with E-state index in [1.807, 2.05) is 0 Å². The normalized spacial score (nSPS) is 11.8. The van der Waals surface area contributed by atoms with Crippen LogP contribution >= 0.6 is 36.6 Å². The molecule has 1 aromatic heterocycles. The fraction of sp³-hybridized carbons (Fsp3) is 0.312. The maximum atomic E-state index is 12.6. The van der Waals surface area contributed by atoms with E-state index in [2.05, 4.69) is 9.71 Å². The number of carboxylic acids is 1. The number of guanidine groups is 1. The van der Waals surface area contributed by atoms with Gasteiger partial charge in [-0.05, 0) is 31.5 Å². The van der Waals surface area contributed by atoms with Crippen molar-refractivity contribution in [3.8, 4) is 0 Å². The predicted octanol–water partition coefficient (Wildman–Crippen LogP) is 1.79. The van der Waals surface area contributed by atoms with Crippen molar-refractivity contribution in [2.45, 2.75) is 30.2 Å². The second kappa shape index (κ2) is 12.1. The number of rotatable bonds is 9. The second-order valence-corrected chi connectivity index (χ2v) is 8.06. The number of pyridine rings is 1. The van der Waals surface area contributed by atoms with Crippen LogP contribution in [0.25, 0.3) is 10.8 Å². The van der Waals surface area contributed by atoms with Crippen LogP contribution in [0.3, 0.4) is 0 Å². The van der Waals surface area contributed by atoms with Gasteiger partial charge in [0.05, 0.1) is 16.8 Å². The third-order valence-electron chi connectivity index (χ3n) is 3.99. The summed E-state index contributed by atoms with van der Waals surface area (Å²) in [5, 5.41) is 17.7. The SMILES string of the molecule is Cl.Cl.N=C(N)N(Cl)c1cncc2cc(S(=O)(=O)N[C@@H](CCCCN)C(=O)O)ccc12. The number of halogens is 3. The van der Waals surface area contributed by atoms with Crippen LogP contribution in [0.5, 0.6) is 0 Å². The zero-order valence-electron chi connectivity index (χ0n) is 15.6. The van der Waals surface area contributed by atoms with Crippen LogP contribution in [0.15, 0.2) is 35.5 Å². The minimum atomic E-state index is -4.09. The Labute approximate surface area is 191 Å². The molecule has 1 aromatic carbocycles. The average molecular weight is 502 g/mol. The van der Waals surface area contributed by atoms with E-state index in [0.717, 1.165) is 4.42 Å². The van der Waals surface area contributed by atoms with Crippen LogP contribution in [0, 0.1) is 5.41 Å². The second-order valence-electron chi connectivity index (χ2n) is 6.00. The van der Waals surface area contributed by atoms with Crippen molar-refractivity contribution < 1.29 is 18.3 Å². The Kier molecular flexibility index (Phi) is 11.3. The molecule has 0 amide bonds. The highest BCUT2D eigenvalue weighted by molar-refractivity contribution is 7.89. The zero-order valence-corrected chi connectivity index (χ0v) is 18.8. The van der Waals surface area contributed by atoms with Gasteiger partial charge in [-0.3, -0.25) is 15.2 Å². The standard InChI is InChI=1S/C16H21ClN6O4S.2ClH/c17-23(16(19)20)14-9-21-8-10-7-11(4-5-12(10)14)28(26,27)22-13(15(24)25)3-1-2-6-18;;/h4-5,7-9,13,22H,1-3,6,18H2,(H3,19,20)(H,24,25);2*1H/t13-;;/m0../s1. The number of unbranched alkanes of at least 4 members (excludes halogenated alkanes) is 1. The summed E-state index contributed by atoms with van der Waals surface area (Å²) in [5.41, 5.74) is 11.1. The third-order valence-corrected chi connectivity index (χ3v) is 5.82. The summed E-state index contributed by atoms with van der Waals surface area (Å²) in [7, 11) is -4.09. The van der Waals surface area contributed by atoms with Gasteiger partial charge in [-0.25, -0.2) is 12.8 Å². The maximum Gasteiger partial charge on any atom is 0.321 e. The number of benzene rings is 1. The number of nitrogens with zero attached hydrogens (tertiary/aromatic N) is 2. The quantitative estimate of drug-likeness (QED) is 0.149. The number of carboxylic acid groups (broad SMARTS) is 1. The number of fused-ring (bicyclic) bond motifs is 1. The number of hydrogen-bond acceptors (Lipinski definition) is 6. The van der Waals surface area contributed by atoms with E-state index >= 15 is 0 Å². The van der Waals surface area contributed by atoms with Crippen LogP contribution in [0.1, 0.15) is 19.3 Å². The van der Waals surface area contributed by atoms with Crippen LogP contribution in [-0.4, -0.2) is 43.0 Å². The van der Waals surface area contributed by atoms with Crippen LogP contribution in [-0.2, 0) is 14.8 Å². The van der Waals surface area contributed by atoms with Crippen molar-refractivity contribution in [1.82, 2.24) is 9.71 Å². The van der Waals surface area contributed by atoms with Crippen molar-refractivity contribution in [1.29, 1.82) is 5.41 Å². The van der Waals surface area contributed by atoms with Crippen molar-refractivity contribution >= 4 is 75.0 Å². The first kappa shape index (κ1) is 28.1. The van der Waals surface area contributed by atoms with Gasteiger partial charge in [-0.2, -0.15) is 4.72 Å². The molecule has 30 heavy (non-hydrogen) atoms. The topological polar surface area (TPSA) is 175 Å². The van der Waals surface area contributed by atoms with Gasteiger partial charge in [0.25, 0.3) is 0 Å². The highest BCUT2D eigenvalue weighted by Gasteiger charge is 2.25. The lowest BCUT2D eigenvalue weighted by molar-refractivity contribution is -0.139. The summed E-state index contributed by atoms with van der Waals surface area (Å²) in [6, 6.07) is 2.90. The van der Waals surface area contributed by atoms with Crippen molar-refractivity contribution in [3.05, 3.63) is 30.6 Å². The Balaban J connectivity index is 0.00000420. The first-order valence-corrected chi connectivity index (χ1v) is 10.1. The van der Waals surface area contributed by atoms with E-state index < -0.39 is 28.0 Å². The maximum absolute atomic E-state index is 12.6. The van der Waals surface area contributed by atoms with E-state index in [-0.39, 0.29) is 36.1 Å². The average Bonchev–Trinajstić information content (AvgIpc) is 2.65. The molecule has 2 rings (SSSR count). The molecular formula is C16H23Cl3N6O4S. The molecule has 0 radical (unpaired) electrons. The number of nitrogens with one attached hydrogen (secondary N) is 2. The summed E-state index contributed by atoms with van der Waals surface area (Å²) < 4.78 is 28.4. The summed E-state index contributed by atoms with van der Waals surface area (Å²) in [6.45, 7) is 0.400. The van der Waals surface area contributed by atoms with E-state index in [9.17, 15) is 18.3 Å². The van der Waals surface area contributed by atoms with Gasteiger partial charge in [0.15, 0.2) is 0 Å². The molecule has 0 aliphatic carbocycles.